The van der Waals surface area contributed by atoms with Gasteiger partial charge in [0.1, 0.15) is 10.8 Å². The van der Waals surface area contributed by atoms with Crippen LogP contribution in [0, 0.1) is 6.92 Å². The molecule has 0 spiro atoms. The number of pyridine rings is 1. The zero-order valence-corrected chi connectivity index (χ0v) is 13.3. The molecular formula is C15H18ClN3O2. The smallest absolute Gasteiger partial charge is 0.356 e. The maximum Gasteiger partial charge on any atom is 0.356 e. The lowest BCUT2D eigenvalue weighted by atomic mass is 9.95. The minimum atomic E-state index is -0.364. The minimum absolute atomic E-state index is 0.0177. The summed E-state index contributed by atoms with van der Waals surface area (Å²) in [4.78, 5) is 16.0. The quantitative estimate of drug-likeness (QED) is 0.643. The zero-order chi connectivity index (χ0) is 15.6. The number of carbonyl (C=O) groups excluding carboxylic acids is 1. The molecule has 0 fully saturated rings. The summed E-state index contributed by atoms with van der Waals surface area (Å²) in [5, 5.41) is 4.88. The molecule has 0 radical (unpaired) electrons. The van der Waals surface area contributed by atoms with Gasteiger partial charge < -0.3 is 4.74 Å². The van der Waals surface area contributed by atoms with Crippen molar-refractivity contribution < 1.29 is 9.53 Å². The molecule has 0 saturated carbocycles. The Labute approximate surface area is 128 Å². The average Bonchev–Trinajstić information content (AvgIpc) is 2.80. The van der Waals surface area contributed by atoms with E-state index >= 15 is 0 Å². The summed E-state index contributed by atoms with van der Waals surface area (Å²) in [7, 11) is 1.73. The van der Waals surface area contributed by atoms with E-state index in [2.05, 4.69) is 10.1 Å². The van der Waals surface area contributed by atoms with Gasteiger partial charge in [-0.2, -0.15) is 5.10 Å². The van der Waals surface area contributed by atoms with Crippen LogP contribution in [0.1, 0.15) is 47.1 Å². The number of carbonyl (C=O) groups is 1. The largest absolute Gasteiger partial charge is 0.461 e. The highest BCUT2D eigenvalue weighted by Crippen LogP contribution is 2.27. The van der Waals surface area contributed by atoms with E-state index in [0.29, 0.717) is 17.5 Å². The molecule has 6 heteroatoms. The molecule has 0 aromatic carbocycles. The van der Waals surface area contributed by atoms with Gasteiger partial charge in [-0.1, -0.05) is 18.5 Å². The second-order valence-corrected chi connectivity index (χ2v) is 5.27. The monoisotopic (exact) mass is 307 g/mol. The SMILES string of the molecule is CCOC(=O)c1cc(C(C)c2cnc(Cl)cc2C)nn1C. The van der Waals surface area contributed by atoms with E-state index in [4.69, 9.17) is 16.3 Å². The third kappa shape index (κ3) is 3.24. The van der Waals surface area contributed by atoms with Crippen molar-refractivity contribution in [1.82, 2.24) is 14.8 Å². The Bertz CT molecular complexity index is 667. The van der Waals surface area contributed by atoms with Gasteiger partial charge in [-0.05, 0) is 37.1 Å². The van der Waals surface area contributed by atoms with E-state index in [1.807, 2.05) is 19.9 Å². The van der Waals surface area contributed by atoms with Gasteiger partial charge in [0.05, 0.1) is 12.3 Å². The second-order valence-electron chi connectivity index (χ2n) is 4.88. The average molecular weight is 308 g/mol. The van der Waals surface area contributed by atoms with E-state index in [0.717, 1.165) is 16.8 Å². The van der Waals surface area contributed by atoms with E-state index in [1.54, 1.807) is 30.9 Å². The summed E-state index contributed by atoms with van der Waals surface area (Å²) < 4.78 is 6.56. The first-order chi connectivity index (χ1) is 9.93. The van der Waals surface area contributed by atoms with Crippen molar-refractivity contribution in [1.29, 1.82) is 0 Å². The van der Waals surface area contributed by atoms with Crippen LogP contribution in [0.4, 0.5) is 0 Å². The molecule has 2 rings (SSSR count). The molecule has 1 atom stereocenters. The van der Waals surface area contributed by atoms with Gasteiger partial charge in [0.2, 0.25) is 0 Å². The third-order valence-electron chi connectivity index (χ3n) is 3.41. The molecule has 0 aliphatic heterocycles. The van der Waals surface area contributed by atoms with Crippen molar-refractivity contribution in [2.45, 2.75) is 26.7 Å². The predicted molar refractivity (Wildman–Crippen MR) is 80.7 cm³/mol. The van der Waals surface area contributed by atoms with E-state index in [1.165, 1.54) is 0 Å². The lowest BCUT2D eigenvalue weighted by molar-refractivity contribution is 0.0513. The van der Waals surface area contributed by atoms with Gasteiger partial charge in [0.25, 0.3) is 0 Å². The lowest BCUT2D eigenvalue weighted by Gasteiger charge is -2.11. The number of nitrogens with zero attached hydrogens (tertiary/aromatic N) is 3. The minimum Gasteiger partial charge on any atom is -0.461 e. The Morgan fingerprint density at radius 1 is 1.48 bits per heavy atom. The van der Waals surface area contributed by atoms with Crippen molar-refractivity contribution in [3.05, 3.63) is 46.0 Å². The molecule has 0 aliphatic carbocycles. The summed E-state index contributed by atoms with van der Waals surface area (Å²) in [6, 6.07) is 3.58. The fourth-order valence-electron chi connectivity index (χ4n) is 2.24. The summed E-state index contributed by atoms with van der Waals surface area (Å²) in [5.74, 6) is -0.346. The van der Waals surface area contributed by atoms with Crippen molar-refractivity contribution in [2.75, 3.05) is 6.61 Å². The van der Waals surface area contributed by atoms with Gasteiger partial charge in [0.15, 0.2) is 0 Å². The molecule has 0 N–H and O–H groups in total. The molecule has 1 unspecified atom stereocenters. The topological polar surface area (TPSA) is 57.0 Å². The van der Waals surface area contributed by atoms with Gasteiger partial charge >= 0.3 is 5.97 Å². The Balaban J connectivity index is 2.33. The van der Waals surface area contributed by atoms with Crippen LogP contribution in [0.2, 0.25) is 5.15 Å². The molecule has 2 aromatic rings. The first-order valence-electron chi connectivity index (χ1n) is 6.77. The first-order valence-corrected chi connectivity index (χ1v) is 7.15. The third-order valence-corrected chi connectivity index (χ3v) is 3.62. The number of aromatic nitrogens is 3. The fraction of sp³-hybridized carbons (Fsp3) is 0.400. The maximum atomic E-state index is 11.8. The van der Waals surface area contributed by atoms with Gasteiger partial charge in [-0.15, -0.1) is 0 Å². The first kappa shape index (κ1) is 15.5. The van der Waals surface area contributed by atoms with Crippen LogP contribution in [-0.4, -0.2) is 27.3 Å². The van der Waals surface area contributed by atoms with Crippen LogP contribution in [0.5, 0.6) is 0 Å². The van der Waals surface area contributed by atoms with E-state index < -0.39 is 0 Å². The number of hydrogen-bond donors (Lipinski definition) is 0. The zero-order valence-electron chi connectivity index (χ0n) is 12.6. The number of aryl methyl sites for hydroxylation is 2. The lowest BCUT2D eigenvalue weighted by Crippen LogP contribution is -2.10. The van der Waals surface area contributed by atoms with Crippen molar-refractivity contribution in [3.8, 4) is 0 Å². The molecule has 5 nitrogen and oxygen atoms in total. The highest BCUT2D eigenvalue weighted by molar-refractivity contribution is 6.29. The molecule has 0 saturated heterocycles. The van der Waals surface area contributed by atoms with Crippen LogP contribution in [0.25, 0.3) is 0 Å². The summed E-state index contributed by atoms with van der Waals surface area (Å²) >= 11 is 5.88. The van der Waals surface area contributed by atoms with Crippen LogP contribution in [-0.2, 0) is 11.8 Å². The maximum absolute atomic E-state index is 11.8. The molecule has 2 aromatic heterocycles. The van der Waals surface area contributed by atoms with Crippen LogP contribution >= 0.6 is 11.6 Å². The molecular weight excluding hydrogens is 290 g/mol. The van der Waals surface area contributed by atoms with E-state index in [9.17, 15) is 4.79 Å². The molecule has 2 heterocycles. The van der Waals surface area contributed by atoms with Gasteiger partial charge in [-0.3, -0.25) is 4.68 Å². The number of esters is 1. The van der Waals surface area contributed by atoms with Crippen molar-refractivity contribution in [3.63, 3.8) is 0 Å². The number of halogens is 1. The predicted octanol–water partition coefficient (Wildman–Crippen LogP) is 3.11. The van der Waals surface area contributed by atoms with Crippen LogP contribution < -0.4 is 0 Å². The Morgan fingerprint density at radius 3 is 2.81 bits per heavy atom. The summed E-state index contributed by atoms with van der Waals surface area (Å²) in [5.41, 5.74) is 3.32. The number of ether oxygens (including phenoxy) is 1. The Hall–Kier alpha value is -1.88. The van der Waals surface area contributed by atoms with Crippen molar-refractivity contribution in [2.24, 2.45) is 7.05 Å². The summed E-state index contributed by atoms with van der Waals surface area (Å²) in [6.07, 6.45) is 1.75. The Morgan fingerprint density at radius 2 is 2.19 bits per heavy atom. The number of rotatable bonds is 4. The number of hydrogen-bond acceptors (Lipinski definition) is 4. The van der Waals surface area contributed by atoms with E-state index in [-0.39, 0.29) is 11.9 Å². The highest BCUT2D eigenvalue weighted by atomic mass is 35.5. The molecule has 21 heavy (non-hydrogen) atoms. The molecule has 0 amide bonds. The highest BCUT2D eigenvalue weighted by Gasteiger charge is 2.20. The Kier molecular flexibility index (Phi) is 4.63. The summed E-state index contributed by atoms with van der Waals surface area (Å²) in [6.45, 7) is 6.12. The fourth-order valence-corrected chi connectivity index (χ4v) is 2.45. The van der Waals surface area contributed by atoms with Crippen molar-refractivity contribution >= 4 is 17.6 Å². The van der Waals surface area contributed by atoms with Gasteiger partial charge in [0, 0.05) is 19.2 Å². The molecule has 0 bridgehead atoms. The van der Waals surface area contributed by atoms with Crippen LogP contribution in [0.15, 0.2) is 18.3 Å². The normalized spacial score (nSPS) is 12.2. The second kappa shape index (κ2) is 6.26. The van der Waals surface area contributed by atoms with Gasteiger partial charge in [-0.25, -0.2) is 9.78 Å². The molecule has 0 aliphatic rings. The van der Waals surface area contributed by atoms with Crippen LogP contribution in [0.3, 0.4) is 0 Å². The standard InChI is InChI=1S/C15H18ClN3O2/c1-5-21-15(20)13-7-12(18-19(13)4)10(3)11-8-17-14(16)6-9(11)2/h6-8,10H,5H2,1-4H3. The molecule has 112 valence electrons.